The lowest BCUT2D eigenvalue weighted by molar-refractivity contribution is -0.125. The van der Waals surface area contributed by atoms with Crippen LogP contribution in [0.3, 0.4) is 0 Å². The normalized spacial score (nSPS) is 11.6. The van der Waals surface area contributed by atoms with Gasteiger partial charge in [-0.1, -0.05) is 25.1 Å². The van der Waals surface area contributed by atoms with Crippen molar-refractivity contribution in [3.63, 3.8) is 0 Å². The minimum Gasteiger partial charge on any atom is -0.508 e. The average molecular weight is 316 g/mol. The molecule has 2 rings (SSSR count). The summed E-state index contributed by atoms with van der Waals surface area (Å²) in [6.45, 7) is 1.68. The number of carbonyl (C=O) groups excluding carboxylic acids is 2. The summed E-state index contributed by atoms with van der Waals surface area (Å²) < 4.78 is 13.1. The molecule has 0 bridgehead atoms. The Hall–Kier alpha value is -2.89. The van der Waals surface area contributed by atoms with Crippen LogP contribution in [0, 0.1) is 11.7 Å². The minimum absolute atomic E-state index is 0.0385. The van der Waals surface area contributed by atoms with Crippen molar-refractivity contribution in [2.24, 2.45) is 5.92 Å². The first kappa shape index (κ1) is 16.5. The zero-order valence-corrected chi connectivity index (χ0v) is 12.5. The van der Waals surface area contributed by atoms with Gasteiger partial charge in [0.2, 0.25) is 5.91 Å². The molecule has 2 aromatic rings. The number of amides is 2. The lowest BCUT2D eigenvalue weighted by Crippen LogP contribution is -2.44. The molecule has 0 aliphatic heterocycles. The zero-order valence-electron chi connectivity index (χ0n) is 12.5. The van der Waals surface area contributed by atoms with Crippen LogP contribution in [-0.2, 0) is 11.2 Å². The molecule has 1 unspecified atom stereocenters. The third-order valence-electron chi connectivity index (χ3n) is 3.29. The maximum absolute atomic E-state index is 13.1. The monoisotopic (exact) mass is 316 g/mol. The molecule has 0 spiro atoms. The Bertz CT molecular complexity index is 718. The van der Waals surface area contributed by atoms with Crippen LogP contribution < -0.4 is 10.9 Å². The molecule has 0 heterocycles. The summed E-state index contributed by atoms with van der Waals surface area (Å²) in [5.41, 5.74) is 5.53. The Balaban J connectivity index is 1.87. The summed E-state index contributed by atoms with van der Waals surface area (Å²) in [6.07, 6.45) is 0.353. The Morgan fingerprint density at radius 3 is 2.57 bits per heavy atom. The van der Waals surface area contributed by atoms with E-state index in [1.54, 1.807) is 19.1 Å². The van der Waals surface area contributed by atoms with Gasteiger partial charge >= 0.3 is 0 Å². The van der Waals surface area contributed by atoms with E-state index < -0.39 is 11.8 Å². The molecule has 2 amide bonds. The van der Waals surface area contributed by atoms with Crippen molar-refractivity contribution in [2.45, 2.75) is 13.3 Å². The molecule has 0 saturated carbocycles. The third-order valence-corrected chi connectivity index (χ3v) is 3.29. The van der Waals surface area contributed by atoms with Crippen molar-refractivity contribution in [3.05, 3.63) is 65.5 Å². The van der Waals surface area contributed by atoms with Gasteiger partial charge in [0.25, 0.3) is 5.91 Å². The van der Waals surface area contributed by atoms with E-state index in [9.17, 15) is 19.1 Å². The van der Waals surface area contributed by atoms with E-state index in [0.717, 1.165) is 0 Å². The number of carbonyl (C=O) groups is 2. The molecule has 120 valence electrons. The maximum Gasteiger partial charge on any atom is 0.269 e. The van der Waals surface area contributed by atoms with E-state index in [1.807, 2.05) is 0 Å². The van der Waals surface area contributed by atoms with Gasteiger partial charge in [-0.15, -0.1) is 0 Å². The number of nitrogens with one attached hydrogen (secondary N) is 2. The maximum atomic E-state index is 13.1. The minimum atomic E-state index is -0.535. The Kier molecular flexibility index (Phi) is 5.30. The Morgan fingerprint density at radius 2 is 1.87 bits per heavy atom. The van der Waals surface area contributed by atoms with Crippen LogP contribution in [0.1, 0.15) is 22.8 Å². The van der Waals surface area contributed by atoms with E-state index in [-0.39, 0.29) is 23.0 Å². The lowest BCUT2D eigenvalue weighted by atomic mass is 10.0. The Labute approximate surface area is 133 Å². The number of halogens is 1. The number of hydrogen-bond donors (Lipinski definition) is 3. The third kappa shape index (κ3) is 4.81. The number of rotatable bonds is 4. The highest BCUT2D eigenvalue weighted by molar-refractivity contribution is 5.95. The molecule has 0 saturated heterocycles. The standard InChI is InChI=1S/C17H17FN2O3/c1-11(8-12-4-2-6-14(18)9-12)16(22)19-20-17(23)13-5-3-7-15(21)10-13/h2-7,9-11,21H,8H2,1H3,(H,19,22)(H,20,23). The van der Waals surface area contributed by atoms with Crippen molar-refractivity contribution in [1.29, 1.82) is 0 Å². The fraction of sp³-hybridized carbons (Fsp3) is 0.176. The first-order chi connectivity index (χ1) is 11.0. The predicted octanol–water partition coefficient (Wildman–Crippen LogP) is 2.17. The van der Waals surface area contributed by atoms with Gasteiger partial charge in [0.1, 0.15) is 11.6 Å². The second-order valence-corrected chi connectivity index (χ2v) is 5.23. The van der Waals surface area contributed by atoms with Crippen LogP contribution in [0.2, 0.25) is 0 Å². The van der Waals surface area contributed by atoms with E-state index in [2.05, 4.69) is 10.9 Å². The molecule has 23 heavy (non-hydrogen) atoms. The van der Waals surface area contributed by atoms with Crippen LogP contribution in [-0.4, -0.2) is 16.9 Å². The Morgan fingerprint density at radius 1 is 1.13 bits per heavy atom. The highest BCUT2D eigenvalue weighted by Crippen LogP contribution is 2.11. The number of benzene rings is 2. The summed E-state index contributed by atoms with van der Waals surface area (Å²) in [7, 11) is 0. The number of hydrogen-bond acceptors (Lipinski definition) is 3. The smallest absolute Gasteiger partial charge is 0.269 e. The highest BCUT2D eigenvalue weighted by atomic mass is 19.1. The lowest BCUT2D eigenvalue weighted by Gasteiger charge is -2.13. The van der Waals surface area contributed by atoms with Gasteiger partial charge in [0.05, 0.1) is 0 Å². The number of hydrazine groups is 1. The van der Waals surface area contributed by atoms with Crippen molar-refractivity contribution in [2.75, 3.05) is 0 Å². The van der Waals surface area contributed by atoms with Gasteiger partial charge in [0.15, 0.2) is 0 Å². The van der Waals surface area contributed by atoms with E-state index >= 15 is 0 Å². The molecule has 0 aliphatic carbocycles. The molecule has 0 fully saturated rings. The van der Waals surface area contributed by atoms with Crippen molar-refractivity contribution >= 4 is 11.8 Å². The molecule has 2 aromatic carbocycles. The van der Waals surface area contributed by atoms with Crippen LogP contribution in [0.15, 0.2) is 48.5 Å². The van der Waals surface area contributed by atoms with Gasteiger partial charge in [-0.2, -0.15) is 0 Å². The topological polar surface area (TPSA) is 78.4 Å². The molecular formula is C17H17FN2O3. The van der Waals surface area contributed by atoms with Crippen molar-refractivity contribution in [1.82, 2.24) is 10.9 Å². The first-order valence-corrected chi connectivity index (χ1v) is 7.09. The summed E-state index contributed by atoms with van der Waals surface area (Å²) in [6, 6.07) is 11.8. The van der Waals surface area contributed by atoms with Gasteiger partial charge in [-0.25, -0.2) is 4.39 Å². The van der Waals surface area contributed by atoms with E-state index in [4.69, 9.17) is 0 Å². The molecule has 0 aromatic heterocycles. The molecule has 1 atom stereocenters. The fourth-order valence-electron chi connectivity index (χ4n) is 2.07. The van der Waals surface area contributed by atoms with Gasteiger partial charge in [0, 0.05) is 11.5 Å². The van der Waals surface area contributed by atoms with Crippen molar-refractivity contribution in [3.8, 4) is 5.75 Å². The molecule has 0 aliphatic rings. The highest BCUT2D eigenvalue weighted by Gasteiger charge is 2.15. The first-order valence-electron chi connectivity index (χ1n) is 7.09. The van der Waals surface area contributed by atoms with Crippen molar-refractivity contribution < 1.29 is 19.1 Å². The number of phenolic OH excluding ortho intramolecular Hbond substituents is 1. The van der Waals surface area contributed by atoms with Crippen LogP contribution >= 0.6 is 0 Å². The molecule has 6 heteroatoms. The summed E-state index contributed by atoms with van der Waals surface area (Å²) in [5, 5.41) is 9.32. The summed E-state index contributed by atoms with van der Waals surface area (Å²) >= 11 is 0. The molecule has 5 nitrogen and oxygen atoms in total. The summed E-state index contributed by atoms with van der Waals surface area (Å²) in [5.74, 6) is -1.76. The SMILES string of the molecule is CC(Cc1cccc(F)c1)C(=O)NNC(=O)c1cccc(O)c1. The second-order valence-electron chi connectivity index (χ2n) is 5.23. The second kappa shape index (κ2) is 7.40. The summed E-state index contributed by atoms with van der Waals surface area (Å²) in [4.78, 5) is 23.8. The van der Waals surface area contributed by atoms with Crippen LogP contribution in [0.25, 0.3) is 0 Å². The molecular weight excluding hydrogens is 299 g/mol. The quantitative estimate of drug-likeness (QED) is 0.757. The van der Waals surface area contributed by atoms with E-state index in [0.29, 0.717) is 12.0 Å². The average Bonchev–Trinajstić information content (AvgIpc) is 2.52. The van der Waals surface area contributed by atoms with Gasteiger partial charge in [-0.3, -0.25) is 20.4 Å². The van der Waals surface area contributed by atoms with E-state index in [1.165, 1.54) is 36.4 Å². The zero-order chi connectivity index (χ0) is 16.8. The molecule has 3 N–H and O–H groups in total. The largest absolute Gasteiger partial charge is 0.508 e. The van der Waals surface area contributed by atoms with Gasteiger partial charge in [-0.05, 0) is 42.3 Å². The van der Waals surface area contributed by atoms with Crippen LogP contribution in [0.5, 0.6) is 5.75 Å². The molecule has 0 radical (unpaired) electrons. The predicted molar refractivity (Wildman–Crippen MR) is 83.0 cm³/mol. The number of phenols is 1. The fourth-order valence-corrected chi connectivity index (χ4v) is 2.07. The number of aromatic hydroxyl groups is 1. The van der Waals surface area contributed by atoms with Crippen LogP contribution in [0.4, 0.5) is 4.39 Å². The van der Waals surface area contributed by atoms with Gasteiger partial charge < -0.3 is 5.11 Å².